The SMILES string of the molecule is CC(C)(C#N)c1nc(-n2c3nc(Nc4ccc5c(c4)CCNC5)ncc3c(=O)n2C2CC2)ccc1F. The van der Waals surface area contributed by atoms with Gasteiger partial charge < -0.3 is 10.6 Å². The van der Waals surface area contributed by atoms with Crippen molar-refractivity contribution in [3.05, 3.63) is 69.5 Å². The summed E-state index contributed by atoms with van der Waals surface area (Å²) in [6.07, 6.45) is 4.19. The Morgan fingerprint density at radius 2 is 2.03 bits per heavy atom. The molecule has 2 N–H and O–H groups in total. The van der Waals surface area contributed by atoms with Gasteiger partial charge >= 0.3 is 0 Å². The van der Waals surface area contributed by atoms with Crippen LogP contribution in [0.1, 0.15) is 49.6 Å². The maximum Gasteiger partial charge on any atom is 0.278 e. The van der Waals surface area contributed by atoms with Crippen LogP contribution in [0.2, 0.25) is 0 Å². The molecule has 10 heteroatoms. The fraction of sp³-hybridized carbons (Fsp3) is 0.346. The van der Waals surface area contributed by atoms with Crippen LogP contribution in [0.4, 0.5) is 16.0 Å². The fourth-order valence-corrected chi connectivity index (χ4v) is 4.65. The number of benzene rings is 1. The summed E-state index contributed by atoms with van der Waals surface area (Å²) in [6, 6.07) is 11.1. The zero-order valence-electron chi connectivity index (χ0n) is 20.0. The molecule has 3 aromatic heterocycles. The van der Waals surface area contributed by atoms with Gasteiger partial charge in [0.1, 0.15) is 11.2 Å². The van der Waals surface area contributed by atoms with Gasteiger partial charge in [0.2, 0.25) is 5.95 Å². The van der Waals surface area contributed by atoms with Gasteiger partial charge in [-0.25, -0.2) is 23.7 Å². The maximum absolute atomic E-state index is 14.7. The monoisotopic (exact) mass is 484 g/mol. The molecule has 9 nitrogen and oxygen atoms in total. The van der Waals surface area contributed by atoms with Crippen LogP contribution in [-0.2, 0) is 18.4 Å². The van der Waals surface area contributed by atoms with Gasteiger partial charge in [-0.1, -0.05) is 6.07 Å². The summed E-state index contributed by atoms with van der Waals surface area (Å²) in [7, 11) is 0. The highest BCUT2D eigenvalue weighted by Crippen LogP contribution is 2.36. The molecule has 2 aliphatic rings. The number of nitriles is 1. The van der Waals surface area contributed by atoms with Crippen LogP contribution in [0.25, 0.3) is 16.9 Å². The molecule has 0 bridgehead atoms. The number of anilines is 2. The number of nitrogens with one attached hydrogen (secondary N) is 2. The first kappa shape index (κ1) is 22.4. The van der Waals surface area contributed by atoms with E-state index in [-0.39, 0.29) is 17.3 Å². The highest BCUT2D eigenvalue weighted by atomic mass is 19.1. The number of hydrogen-bond acceptors (Lipinski definition) is 7. The van der Waals surface area contributed by atoms with Gasteiger partial charge in [0.15, 0.2) is 11.5 Å². The molecule has 1 aliphatic heterocycles. The Balaban J connectivity index is 1.48. The minimum atomic E-state index is -1.14. The zero-order valence-corrected chi connectivity index (χ0v) is 20.0. The van der Waals surface area contributed by atoms with Crippen LogP contribution >= 0.6 is 0 Å². The van der Waals surface area contributed by atoms with E-state index in [1.807, 2.05) is 6.07 Å². The summed E-state index contributed by atoms with van der Waals surface area (Å²) in [5.41, 5.74) is 2.46. The normalized spacial score (nSPS) is 15.5. The lowest BCUT2D eigenvalue weighted by Crippen LogP contribution is -2.24. The molecule has 182 valence electrons. The van der Waals surface area contributed by atoms with Crippen molar-refractivity contribution in [3.8, 4) is 11.9 Å². The number of pyridine rings is 1. The Morgan fingerprint density at radius 3 is 2.81 bits per heavy atom. The molecule has 4 aromatic rings. The van der Waals surface area contributed by atoms with Gasteiger partial charge in [-0.05, 0) is 75.0 Å². The number of hydrogen-bond donors (Lipinski definition) is 2. The zero-order chi connectivity index (χ0) is 25.0. The van der Waals surface area contributed by atoms with Crippen molar-refractivity contribution in [2.75, 3.05) is 11.9 Å². The minimum absolute atomic E-state index is 0.0108. The number of aromatic nitrogens is 5. The van der Waals surface area contributed by atoms with Gasteiger partial charge in [0.05, 0.1) is 23.2 Å². The molecule has 0 atom stereocenters. The lowest BCUT2D eigenvalue weighted by Gasteiger charge is -2.18. The first-order valence-corrected chi connectivity index (χ1v) is 12.0. The van der Waals surface area contributed by atoms with Gasteiger partial charge in [-0.2, -0.15) is 10.2 Å². The topological polar surface area (TPSA) is 113 Å². The molecule has 1 aromatic carbocycles. The largest absolute Gasteiger partial charge is 0.324 e. The second kappa shape index (κ2) is 8.24. The van der Waals surface area contributed by atoms with Crippen molar-refractivity contribution in [1.29, 1.82) is 5.26 Å². The van der Waals surface area contributed by atoms with Crippen LogP contribution in [-0.4, -0.2) is 30.9 Å². The molecule has 0 spiro atoms. The van der Waals surface area contributed by atoms with E-state index in [9.17, 15) is 14.4 Å². The molecule has 6 rings (SSSR count). The maximum atomic E-state index is 14.7. The second-order valence-electron chi connectivity index (χ2n) is 9.90. The summed E-state index contributed by atoms with van der Waals surface area (Å²) >= 11 is 0. The predicted molar refractivity (Wildman–Crippen MR) is 133 cm³/mol. The Morgan fingerprint density at radius 1 is 1.19 bits per heavy atom. The van der Waals surface area contributed by atoms with Crippen LogP contribution in [0, 0.1) is 17.1 Å². The Labute approximate surface area is 206 Å². The van der Waals surface area contributed by atoms with E-state index in [1.165, 1.54) is 29.5 Å². The van der Waals surface area contributed by atoms with Crippen molar-refractivity contribution in [1.82, 2.24) is 29.6 Å². The molecule has 0 amide bonds. The third-order valence-electron chi connectivity index (χ3n) is 6.78. The van der Waals surface area contributed by atoms with E-state index < -0.39 is 11.2 Å². The number of rotatable bonds is 5. The van der Waals surface area contributed by atoms with Crippen molar-refractivity contribution in [2.45, 2.75) is 51.1 Å². The van der Waals surface area contributed by atoms with E-state index in [4.69, 9.17) is 4.98 Å². The molecule has 36 heavy (non-hydrogen) atoms. The second-order valence-corrected chi connectivity index (χ2v) is 9.90. The van der Waals surface area contributed by atoms with Gasteiger partial charge in [0, 0.05) is 18.4 Å². The van der Waals surface area contributed by atoms with Crippen molar-refractivity contribution < 1.29 is 4.39 Å². The average Bonchev–Trinajstić information content (AvgIpc) is 3.68. The van der Waals surface area contributed by atoms with E-state index in [0.29, 0.717) is 22.8 Å². The van der Waals surface area contributed by atoms with Gasteiger partial charge in [-0.15, -0.1) is 0 Å². The van der Waals surface area contributed by atoms with Crippen molar-refractivity contribution in [3.63, 3.8) is 0 Å². The van der Waals surface area contributed by atoms with E-state index in [2.05, 4.69) is 38.8 Å². The summed E-state index contributed by atoms with van der Waals surface area (Å²) in [6.45, 7) is 5.02. The van der Waals surface area contributed by atoms with E-state index in [1.54, 1.807) is 23.2 Å². The molecular formula is C26H25FN8O. The van der Waals surface area contributed by atoms with Crippen LogP contribution in [0.5, 0.6) is 0 Å². The predicted octanol–water partition coefficient (Wildman–Crippen LogP) is 3.64. The summed E-state index contributed by atoms with van der Waals surface area (Å²) in [5, 5.41) is 16.5. The molecule has 0 unspecified atom stereocenters. The minimum Gasteiger partial charge on any atom is -0.324 e. The lowest BCUT2D eigenvalue weighted by atomic mass is 9.90. The van der Waals surface area contributed by atoms with Gasteiger partial charge in [-0.3, -0.25) is 4.79 Å². The lowest BCUT2D eigenvalue weighted by molar-refractivity contribution is 0.525. The summed E-state index contributed by atoms with van der Waals surface area (Å²) < 4.78 is 17.9. The Bertz CT molecular complexity index is 1610. The molecule has 4 heterocycles. The number of halogens is 1. The fourth-order valence-electron chi connectivity index (χ4n) is 4.65. The van der Waals surface area contributed by atoms with Crippen molar-refractivity contribution >= 4 is 22.7 Å². The summed E-state index contributed by atoms with van der Waals surface area (Å²) in [4.78, 5) is 26.9. The van der Waals surface area contributed by atoms with E-state index >= 15 is 0 Å². The Hall–Kier alpha value is -4.10. The molecule has 0 saturated heterocycles. The van der Waals surface area contributed by atoms with E-state index in [0.717, 1.165) is 38.0 Å². The molecular weight excluding hydrogens is 459 g/mol. The smallest absolute Gasteiger partial charge is 0.278 e. The molecule has 1 saturated carbocycles. The molecule has 1 fully saturated rings. The van der Waals surface area contributed by atoms with Crippen LogP contribution < -0.4 is 16.2 Å². The summed E-state index contributed by atoms with van der Waals surface area (Å²) in [5.74, 6) is 0.110. The quantitative estimate of drug-likeness (QED) is 0.445. The van der Waals surface area contributed by atoms with Crippen LogP contribution in [0.3, 0.4) is 0 Å². The number of fused-ring (bicyclic) bond motifs is 2. The standard InChI is InChI=1S/C26H25FN8O/c1-26(2,14-28)22-20(27)7-8-21(32-22)35-23-19(24(36)34(35)18-5-6-18)13-30-25(33-23)31-17-4-3-16-12-29-10-9-15(16)11-17/h3-4,7-8,11,13,18,29H,5-6,9-10,12H2,1-2H3,(H,30,31,33). The van der Waals surface area contributed by atoms with Gasteiger partial charge in [0.25, 0.3) is 5.56 Å². The number of nitrogens with zero attached hydrogens (tertiary/aromatic N) is 6. The van der Waals surface area contributed by atoms with Crippen LogP contribution in [0.15, 0.2) is 41.3 Å². The molecule has 0 radical (unpaired) electrons. The average molecular weight is 485 g/mol. The Kier molecular flexibility index (Phi) is 5.12. The third kappa shape index (κ3) is 3.72. The first-order valence-electron chi connectivity index (χ1n) is 12.0. The highest BCUT2D eigenvalue weighted by Gasteiger charge is 2.32. The highest BCUT2D eigenvalue weighted by molar-refractivity contribution is 5.77. The van der Waals surface area contributed by atoms with Crippen molar-refractivity contribution in [2.24, 2.45) is 0 Å². The molecule has 1 aliphatic carbocycles. The third-order valence-corrected chi connectivity index (χ3v) is 6.78. The first-order chi connectivity index (χ1) is 17.4.